The van der Waals surface area contributed by atoms with Crippen molar-refractivity contribution in [1.29, 1.82) is 5.26 Å². The number of nitriles is 1. The van der Waals surface area contributed by atoms with Gasteiger partial charge < -0.3 is 19.4 Å². The number of aryl methyl sites for hydroxylation is 3. The smallest absolute Gasteiger partial charge is 0.416 e. The summed E-state index contributed by atoms with van der Waals surface area (Å²) in [5.41, 5.74) is 3.82. The lowest BCUT2D eigenvalue weighted by Crippen LogP contribution is -2.22. The number of hydrogen-bond acceptors (Lipinski definition) is 5. The number of nitrogens with one attached hydrogen (secondary N) is 1. The van der Waals surface area contributed by atoms with Gasteiger partial charge in [0, 0.05) is 23.4 Å². The molecule has 5 aromatic rings. The summed E-state index contributed by atoms with van der Waals surface area (Å²) in [5.74, 6) is 0.381. The first kappa shape index (κ1) is 27.1. The molecule has 0 radical (unpaired) electrons. The van der Waals surface area contributed by atoms with Crippen LogP contribution in [0.5, 0.6) is 5.88 Å². The first-order valence-corrected chi connectivity index (χ1v) is 13.5. The Bertz CT molecular complexity index is 1820. The van der Waals surface area contributed by atoms with Crippen LogP contribution in [0.15, 0.2) is 71.3 Å². The molecule has 10 heteroatoms. The van der Waals surface area contributed by atoms with Gasteiger partial charge >= 0.3 is 6.18 Å². The number of halogens is 3. The molecule has 0 atom stereocenters. The average molecular weight is 571 g/mol. The molecule has 1 aliphatic rings. The Labute approximate surface area is 238 Å². The maximum absolute atomic E-state index is 13.0. The largest absolute Gasteiger partial charge is 0.494 e. The second-order valence-electron chi connectivity index (χ2n) is 10.2. The first-order valence-electron chi connectivity index (χ1n) is 13.5. The van der Waals surface area contributed by atoms with Crippen LogP contribution in [0.2, 0.25) is 0 Å². The van der Waals surface area contributed by atoms with Gasteiger partial charge in [0.05, 0.1) is 40.5 Å². The van der Waals surface area contributed by atoms with E-state index in [1.807, 2.05) is 4.57 Å². The SMILES string of the molecule is N#Cc1c(CCc2ccc(C(F)(F)F)cc2)nc2c3n(c(O)c2c1-c1ccc(C(=O)NCc2ccco2)cc1)CCC3. The van der Waals surface area contributed by atoms with Crippen LogP contribution in [0.4, 0.5) is 13.2 Å². The molecular formula is C32H25F3N4O3. The highest BCUT2D eigenvalue weighted by Gasteiger charge is 2.30. The fourth-order valence-electron chi connectivity index (χ4n) is 5.53. The number of alkyl halides is 3. The normalized spacial score (nSPS) is 12.8. The van der Waals surface area contributed by atoms with Crippen molar-refractivity contribution in [2.24, 2.45) is 0 Å². The van der Waals surface area contributed by atoms with E-state index in [0.717, 1.165) is 30.7 Å². The molecule has 0 saturated heterocycles. The standard InChI is InChI=1S/C32H25F3N4O3/c33-32(34,35)22-12-5-19(6-13-22)7-14-25-24(17-36)27(28-29(38-25)26-4-1-15-39(26)31(28)41)20-8-10-21(11-9-20)30(40)37-18-23-3-2-16-42-23/h2-3,5-6,8-13,16,41H,1,4,7,14-15,18H2,(H,37,40). The molecule has 3 aromatic heterocycles. The Balaban J connectivity index is 1.36. The number of benzene rings is 2. The number of furan rings is 1. The topological polar surface area (TPSA) is 104 Å². The van der Waals surface area contributed by atoms with Crippen LogP contribution < -0.4 is 5.32 Å². The second-order valence-corrected chi connectivity index (χ2v) is 10.2. The average Bonchev–Trinajstić information content (AvgIpc) is 3.74. The number of aromatic hydroxyl groups is 1. The Morgan fingerprint density at radius 3 is 2.52 bits per heavy atom. The number of carbonyl (C=O) groups excluding carboxylic acids is 1. The summed E-state index contributed by atoms with van der Waals surface area (Å²) in [5, 5.41) is 24.8. The van der Waals surface area contributed by atoms with Crippen molar-refractivity contribution in [2.75, 3.05) is 0 Å². The van der Waals surface area contributed by atoms with Crippen LogP contribution in [0, 0.1) is 11.3 Å². The molecule has 0 aliphatic carbocycles. The molecule has 2 aromatic carbocycles. The van der Waals surface area contributed by atoms with Crippen molar-refractivity contribution in [3.63, 3.8) is 0 Å². The molecule has 4 heterocycles. The molecule has 2 N–H and O–H groups in total. The third-order valence-electron chi connectivity index (χ3n) is 7.63. The van der Waals surface area contributed by atoms with Gasteiger partial charge in [0.25, 0.3) is 5.91 Å². The molecule has 0 saturated carbocycles. The third-order valence-corrected chi connectivity index (χ3v) is 7.63. The third kappa shape index (κ3) is 4.98. The molecule has 0 spiro atoms. The van der Waals surface area contributed by atoms with Crippen LogP contribution >= 0.6 is 0 Å². The predicted octanol–water partition coefficient (Wildman–Crippen LogP) is 6.55. The van der Waals surface area contributed by atoms with Gasteiger partial charge in [-0.25, -0.2) is 4.98 Å². The van der Waals surface area contributed by atoms with Crippen LogP contribution in [0.1, 0.15) is 50.6 Å². The molecule has 7 nitrogen and oxygen atoms in total. The maximum Gasteiger partial charge on any atom is 0.416 e. The quantitative estimate of drug-likeness (QED) is 0.231. The van der Waals surface area contributed by atoms with E-state index in [1.165, 1.54) is 18.4 Å². The highest BCUT2D eigenvalue weighted by Crippen LogP contribution is 2.43. The molecule has 212 valence electrons. The van der Waals surface area contributed by atoms with Crippen molar-refractivity contribution in [3.05, 3.63) is 106 Å². The minimum absolute atomic E-state index is 0.0473. The van der Waals surface area contributed by atoms with Crippen molar-refractivity contribution in [3.8, 4) is 23.1 Å². The number of aromatic nitrogens is 2. The van der Waals surface area contributed by atoms with Crippen molar-refractivity contribution in [2.45, 2.75) is 44.9 Å². The Hall–Kier alpha value is -5.04. The minimum Gasteiger partial charge on any atom is -0.494 e. The number of fused-ring (bicyclic) bond motifs is 3. The van der Waals surface area contributed by atoms with Crippen LogP contribution in [-0.2, 0) is 38.5 Å². The number of pyridine rings is 1. The number of carbonyl (C=O) groups is 1. The van der Waals surface area contributed by atoms with E-state index >= 15 is 0 Å². The fraction of sp³-hybridized carbons (Fsp3) is 0.219. The van der Waals surface area contributed by atoms with Crippen LogP contribution in [0.25, 0.3) is 22.0 Å². The number of nitrogens with zero attached hydrogens (tertiary/aromatic N) is 3. The monoisotopic (exact) mass is 570 g/mol. The Morgan fingerprint density at radius 2 is 1.86 bits per heavy atom. The molecule has 0 bridgehead atoms. The van der Waals surface area contributed by atoms with Gasteiger partial charge in [-0.05, 0) is 73.2 Å². The maximum atomic E-state index is 13.0. The Kier molecular flexibility index (Phi) is 6.94. The minimum atomic E-state index is -4.42. The summed E-state index contributed by atoms with van der Waals surface area (Å²) < 4.78 is 46.1. The van der Waals surface area contributed by atoms with Gasteiger partial charge in [-0.1, -0.05) is 24.3 Å². The van der Waals surface area contributed by atoms with E-state index in [1.54, 1.807) is 36.4 Å². The van der Waals surface area contributed by atoms with E-state index in [9.17, 15) is 28.3 Å². The Morgan fingerprint density at radius 1 is 1.10 bits per heavy atom. The predicted molar refractivity (Wildman–Crippen MR) is 149 cm³/mol. The molecular weight excluding hydrogens is 545 g/mol. The molecule has 1 amide bonds. The molecule has 0 unspecified atom stereocenters. The van der Waals surface area contributed by atoms with Crippen molar-refractivity contribution in [1.82, 2.24) is 14.9 Å². The lowest BCUT2D eigenvalue weighted by Gasteiger charge is -2.13. The number of rotatable bonds is 7. The van der Waals surface area contributed by atoms with Gasteiger partial charge in [0.1, 0.15) is 11.8 Å². The van der Waals surface area contributed by atoms with E-state index in [0.29, 0.717) is 64.0 Å². The lowest BCUT2D eigenvalue weighted by molar-refractivity contribution is -0.137. The van der Waals surface area contributed by atoms with Gasteiger partial charge in [-0.3, -0.25) is 4.79 Å². The van der Waals surface area contributed by atoms with Gasteiger partial charge in [0.2, 0.25) is 5.88 Å². The van der Waals surface area contributed by atoms with Crippen LogP contribution in [-0.4, -0.2) is 20.6 Å². The van der Waals surface area contributed by atoms with Gasteiger partial charge in [-0.15, -0.1) is 0 Å². The molecule has 6 rings (SSSR count). The summed E-state index contributed by atoms with van der Waals surface area (Å²) in [4.78, 5) is 17.5. The zero-order valence-electron chi connectivity index (χ0n) is 22.3. The van der Waals surface area contributed by atoms with E-state index in [-0.39, 0.29) is 23.9 Å². The van der Waals surface area contributed by atoms with Crippen molar-refractivity contribution < 1.29 is 27.5 Å². The highest BCUT2D eigenvalue weighted by molar-refractivity contribution is 6.04. The van der Waals surface area contributed by atoms with Crippen LogP contribution in [0.3, 0.4) is 0 Å². The number of hydrogen-bond donors (Lipinski definition) is 2. The fourth-order valence-corrected chi connectivity index (χ4v) is 5.53. The number of amides is 1. The summed E-state index contributed by atoms with van der Waals surface area (Å²) in [6, 6.07) is 17.5. The van der Waals surface area contributed by atoms with Gasteiger partial charge in [-0.2, -0.15) is 18.4 Å². The summed E-state index contributed by atoms with van der Waals surface area (Å²) in [7, 11) is 0. The summed E-state index contributed by atoms with van der Waals surface area (Å²) in [6.07, 6.45) is -0.608. The molecule has 0 fully saturated rings. The highest BCUT2D eigenvalue weighted by atomic mass is 19.4. The van der Waals surface area contributed by atoms with E-state index in [4.69, 9.17) is 9.40 Å². The summed E-state index contributed by atoms with van der Waals surface area (Å²) >= 11 is 0. The zero-order valence-corrected chi connectivity index (χ0v) is 22.3. The van der Waals surface area contributed by atoms with Crippen molar-refractivity contribution >= 4 is 16.8 Å². The molecule has 42 heavy (non-hydrogen) atoms. The van der Waals surface area contributed by atoms with Gasteiger partial charge in [0.15, 0.2) is 0 Å². The second kappa shape index (κ2) is 10.7. The van der Waals surface area contributed by atoms with E-state index in [2.05, 4.69) is 11.4 Å². The van der Waals surface area contributed by atoms with E-state index < -0.39 is 11.7 Å². The summed E-state index contributed by atoms with van der Waals surface area (Å²) in [6.45, 7) is 0.873. The molecule has 1 aliphatic heterocycles. The zero-order chi connectivity index (χ0) is 29.4. The lowest BCUT2D eigenvalue weighted by atomic mass is 9.93. The first-order chi connectivity index (χ1) is 20.2.